The van der Waals surface area contributed by atoms with E-state index in [4.69, 9.17) is 4.74 Å². The molecule has 1 aliphatic heterocycles. The van der Waals surface area contributed by atoms with Crippen molar-refractivity contribution in [1.29, 1.82) is 0 Å². The molecule has 0 saturated carbocycles. The van der Waals surface area contributed by atoms with E-state index in [0.29, 0.717) is 12.8 Å². The van der Waals surface area contributed by atoms with Gasteiger partial charge in [0, 0.05) is 0 Å². The van der Waals surface area contributed by atoms with E-state index in [1.807, 2.05) is 0 Å². The first kappa shape index (κ1) is 14.8. The highest BCUT2D eigenvalue weighted by molar-refractivity contribution is 5.82. The number of likely N-dealkylation sites (tertiary alicyclic amines) is 1. The average molecular weight is 259 g/mol. The summed E-state index contributed by atoms with van der Waals surface area (Å²) in [4.78, 5) is 24.9. The van der Waals surface area contributed by atoms with E-state index >= 15 is 0 Å². The lowest BCUT2D eigenvalue weighted by atomic mass is 10.2. The summed E-state index contributed by atoms with van der Waals surface area (Å²) in [6.07, 6.45) is 0.460. The predicted molar refractivity (Wildman–Crippen MR) is 64.0 cm³/mol. The zero-order valence-corrected chi connectivity index (χ0v) is 11.3. The number of methoxy groups -OCH3 is 1. The number of rotatable bonds is 2. The molecule has 1 rings (SSSR count). The third kappa shape index (κ3) is 3.35. The van der Waals surface area contributed by atoms with Crippen LogP contribution in [0.3, 0.4) is 0 Å². The van der Waals surface area contributed by atoms with Crippen molar-refractivity contribution in [2.75, 3.05) is 13.7 Å². The molecule has 0 spiro atoms. The number of nitrogens with zero attached hydrogens (tertiary/aromatic N) is 1. The molecule has 0 aromatic carbocycles. The maximum absolute atomic E-state index is 12.0. The number of ether oxygens (including phenoxy) is 2. The van der Waals surface area contributed by atoms with Crippen molar-refractivity contribution >= 4 is 12.1 Å². The molecule has 1 amide bonds. The quantitative estimate of drug-likeness (QED) is 0.746. The van der Waals surface area contributed by atoms with Gasteiger partial charge in [0.25, 0.3) is 0 Å². The van der Waals surface area contributed by atoms with Crippen LogP contribution in [0.15, 0.2) is 0 Å². The minimum Gasteiger partial charge on any atom is -0.467 e. The van der Waals surface area contributed by atoms with Gasteiger partial charge in [0.2, 0.25) is 0 Å². The summed E-state index contributed by atoms with van der Waals surface area (Å²) in [7, 11) is 1.28. The first-order valence-corrected chi connectivity index (χ1v) is 6.00. The molecule has 0 unspecified atom stereocenters. The first-order chi connectivity index (χ1) is 8.30. The Morgan fingerprint density at radius 2 is 1.94 bits per heavy atom. The number of aliphatic hydroxyl groups is 1. The van der Waals surface area contributed by atoms with E-state index in [1.165, 1.54) is 12.0 Å². The Kier molecular flexibility index (Phi) is 4.56. The van der Waals surface area contributed by atoms with Gasteiger partial charge in [-0.2, -0.15) is 0 Å². The van der Waals surface area contributed by atoms with Crippen molar-refractivity contribution in [2.24, 2.45) is 0 Å². The standard InChI is InChI=1S/C12H21NO5/c1-12(2,3)18-11(16)13-8(7-14)5-6-9(13)10(15)17-4/h8-9,14H,5-7H2,1-4H3/t8-,9-/m1/s1. The fourth-order valence-electron chi connectivity index (χ4n) is 2.02. The van der Waals surface area contributed by atoms with Gasteiger partial charge in [0.15, 0.2) is 0 Å². The van der Waals surface area contributed by atoms with Crippen LogP contribution in [0, 0.1) is 0 Å². The molecule has 2 atom stereocenters. The summed E-state index contributed by atoms with van der Waals surface area (Å²) in [5, 5.41) is 9.25. The fourth-order valence-corrected chi connectivity index (χ4v) is 2.02. The van der Waals surface area contributed by atoms with Gasteiger partial charge in [-0.05, 0) is 33.6 Å². The molecule has 1 heterocycles. The third-order valence-electron chi connectivity index (χ3n) is 2.79. The maximum Gasteiger partial charge on any atom is 0.411 e. The van der Waals surface area contributed by atoms with E-state index in [1.54, 1.807) is 20.8 Å². The van der Waals surface area contributed by atoms with E-state index < -0.39 is 23.7 Å². The zero-order valence-electron chi connectivity index (χ0n) is 11.3. The molecule has 1 saturated heterocycles. The molecule has 1 aliphatic rings. The number of hydrogen-bond donors (Lipinski definition) is 1. The molecule has 0 aromatic rings. The Morgan fingerprint density at radius 3 is 2.39 bits per heavy atom. The largest absolute Gasteiger partial charge is 0.467 e. The number of amides is 1. The smallest absolute Gasteiger partial charge is 0.411 e. The van der Waals surface area contributed by atoms with Gasteiger partial charge in [-0.15, -0.1) is 0 Å². The lowest BCUT2D eigenvalue weighted by Crippen LogP contribution is -2.48. The van der Waals surface area contributed by atoms with Gasteiger partial charge in [-0.1, -0.05) is 0 Å². The van der Waals surface area contributed by atoms with Crippen LogP contribution < -0.4 is 0 Å². The second-order valence-electron chi connectivity index (χ2n) is 5.34. The van der Waals surface area contributed by atoms with Crippen molar-refractivity contribution < 1.29 is 24.2 Å². The summed E-state index contributed by atoms with van der Waals surface area (Å²) in [5.41, 5.74) is -0.639. The second kappa shape index (κ2) is 5.56. The Labute approximate surface area is 107 Å². The minimum absolute atomic E-state index is 0.188. The summed E-state index contributed by atoms with van der Waals surface area (Å²) in [6.45, 7) is 5.07. The molecule has 6 heteroatoms. The van der Waals surface area contributed by atoms with Crippen LogP contribution in [0.4, 0.5) is 4.79 Å². The second-order valence-corrected chi connectivity index (χ2v) is 5.34. The summed E-state index contributed by atoms with van der Waals surface area (Å²) >= 11 is 0. The number of carbonyl (C=O) groups is 2. The SMILES string of the molecule is COC(=O)[C@H]1CC[C@H](CO)N1C(=O)OC(C)(C)C. The lowest BCUT2D eigenvalue weighted by Gasteiger charge is -2.30. The highest BCUT2D eigenvalue weighted by Crippen LogP contribution is 2.27. The molecule has 1 fully saturated rings. The van der Waals surface area contributed by atoms with Crippen LogP contribution in [-0.2, 0) is 14.3 Å². The lowest BCUT2D eigenvalue weighted by molar-refractivity contribution is -0.146. The van der Waals surface area contributed by atoms with Gasteiger partial charge >= 0.3 is 12.1 Å². The van der Waals surface area contributed by atoms with Gasteiger partial charge in [-0.25, -0.2) is 9.59 Å². The molecule has 0 aromatic heterocycles. The van der Waals surface area contributed by atoms with Crippen molar-refractivity contribution in [3.63, 3.8) is 0 Å². The number of esters is 1. The Balaban J connectivity index is 2.84. The van der Waals surface area contributed by atoms with Gasteiger partial charge in [0.1, 0.15) is 11.6 Å². The Hall–Kier alpha value is -1.30. The van der Waals surface area contributed by atoms with Crippen LogP contribution in [0.2, 0.25) is 0 Å². The van der Waals surface area contributed by atoms with Crippen LogP contribution in [-0.4, -0.2) is 53.5 Å². The van der Waals surface area contributed by atoms with Crippen LogP contribution >= 0.6 is 0 Å². The van der Waals surface area contributed by atoms with Gasteiger partial charge in [-0.3, -0.25) is 4.90 Å². The Morgan fingerprint density at radius 1 is 1.33 bits per heavy atom. The molecule has 0 bridgehead atoms. The average Bonchev–Trinajstić information content (AvgIpc) is 2.69. The summed E-state index contributed by atoms with van der Waals surface area (Å²) in [5.74, 6) is -0.475. The zero-order chi connectivity index (χ0) is 13.9. The maximum atomic E-state index is 12.0. The van der Waals surface area contributed by atoms with Gasteiger partial charge < -0.3 is 14.6 Å². The molecule has 1 N–H and O–H groups in total. The predicted octanol–water partition coefficient (Wildman–Crippen LogP) is 0.920. The highest BCUT2D eigenvalue weighted by atomic mass is 16.6. The van der Waals surface area contributed by atoms with Crippen LogP contribution in [0.5, 0.6) is 0 Å². The highest BCUT2D eigenvalue weighted by Gasteiger charge is 2.43. The Bertz CT molecular complexity index is 323. The molecule has 0 radical (unpaired) electrons. The number of aliphatic hydroxyl groups excluding tert-OH is 1. The molecule has 0 aliphatic carbocycles. The summed E-state index contributed by atoms with van der Waals surface area (Å²) < 4.78 is 9.91. The summed E-state index contributed by atoms with van der Waals surface area (Å²) in [6, 6.07) is -1.05. The molecule has 6 nitrogen and oxygen atoms in total. The van der Waals surface area contributed by atoms with E-state index in [9.17, 15) is 14.7 Å². The van der Waals surface area contributed by atoms with E-state index in [2.05, 4.69) is 4.74 Å². The monoisotopic (exact) mass is 259 g/mol. The van der Waals surface area contributed by atoms with Crippen molar-refractivity contribution in [3.8, 4) is 0 Å². The third-order valence-corrected chi connectivity index (χ3v) is 2.79. The fraction of sp³-hybridized carbons (Fsp3) is 0.833. The topological polar surface area (TPSA) is 76.1 Å². The normalized spacial score (nSPS) is 23.9. The van der Waals surface area contributed by atoms with Crippen LogP contribution in [0.1, 0.15) is 33.6 Å². The van der Waals surface area contributed by atoms with Gasteiger partial charge in [0.05, 0.1) is 19.8 Å². The molecule has 18 heavy (non-hydrogen) atoms. The number of hydrogen-bond acceptors (Lipinski definition) is 5. The van der Waals surface area contributed by atoms with Crippen molar-refractivity contribution in [3.05, 3.63) is 0 Å². The minimum atomic E-state index is -0.665. The van der Waals surface area contributed by atoms with Crippen molar-refractivity contribution in [2.45, 2.75) is 51.3 Å². The van der Waals surface area contributed by atoms with Crippen LogP contribution in [0.25, 0.3) is 0 Å². The molecule has 104 valence electrons. The van der Waals surface area contributed by atoms with E-state index in [0.717, 1.165) is 0 Å². The number of carbonyl (C=O) groups excluding carboxylic acids is 2. The first-order valence-electron chi connectivity index (χ1n) is 6.00. The van der Waals surface area contributed by atoms with Crippen molar-refractivity contribution in [1.82, 2.24) is 4.90 Å². The molecular weight excluding hydrogens is 238 g/mol. The van der Waals surface area contributed by atoms with E-state index in [-0.39, 0.29) is 12.6 Å². The molecular formula is C12H21NO5.